The molecule has 254 valence electrons. The molecule has 0 saturated heterocycles. The number of nitrogens with zero attached hydrogens (tertiary/aromatic N) is 2. The molecule has 0 saturated carbocycles. The maximum atomic E-state index is 11.6. The Balaban J connectivity index is 0.000000182. The van der Waals surface area contributed by atoms with Gasteiger partial charge in [-0.2, -0.15) is 0 Å². The molecule has 8 heteroatoms. The molecule has 0 aromatic heterocycles. The molecule has 0 aliphatic carbocycles. The lowest BCUT2D eigenvalue weighted by Crippen LogP contribution is -2.23. The first-order chi connectivity index (χ1) is 24.1. The lowest BCUT2D eigenvalue weighted by atomic mass is 9.90. The highest BCUT2D eigenvalue weighted by molar-refractivity contribution is 6.02. The second-order valence-electron chi connectivity index (χ2n) is 12.8. The average molecular weight is 669 g/mol. The molecule has 0 spiro atoms. The van der Waals surface area contributed by atoms with Crippen LogP contribution in [0.2, 0.25) is 0 Å². The van der Waals surface area contributed by atoms with Crippen LogP contribution < -0.4 is 4.90 Å². The highest BCUT2D eigenvalue weighted by atomic mass is 16.4. The van der Waals surface area contributed by atoms with Crippen LogP contribution in [-0.2, 0) is 19.3 Å². The Kier molecular flexibility index (Phi) is 10.0. The summed E-state index contributed by atoms with van der Waals surface area (Å²) in [6.45, 7) is 2.20. The topological polar surface area (TPSA) is 122 Å². The van der Waals surface area contributed by atoms with Gasteiger partial charge in [-0.3, -0.25) is 0 Å². The van der Waals surface area contributed by atoms with E-state index in [0.29, 0.717) is 32.7 Å². The van der Waals surface area contributed by atoms with E-state index < -0.39 is 23.4 Å². The number of aromatic hydroxyl groups is 2. The molecule has 1 aliphatic heterocycles. The van der Waals surface area contributed by atoms with Gasteiger partial charge in [0, 0.05) is 35.5 Å². The Morgan fingerprint density at radius 1 is 0.640 bits per heavy atom. The second kappa shape index (κ2) is 14.7. The number of hydrogen-bond acceptors (Lipinski definition) is 6. The maximum Gasteiger partial charge on any atom is 0.339 e. The summed E-state index contributed by atoms with van der Waals surface area (Å²) in [5.74, 6) is -3.36. The number of phenols is 2. The number of rotatable bonds is 8. The molecule has 1 aliphatic rings. The predicted molar refractivity (Wildman–Crippen MR) is 198 cm³/mol. The summed E-state index contributed by atoms with van der Waals surface area (Å²) < 4.78 is 0. The molecule has 1 heterocycles. The van der Waals surface area contributed by atoms with Gasteiger partial charge in [-0.15, -0.1) is 0 Å². The summed E-state index contributed by atoms with van der Waals surface area (Å²) in [6.07, 6.45) is 3.41. The van der Waals surface area contributed by atoms with Crippen molar-refractivity contribution in [2.45, 2.75) is 25.7 Å². The number of aryl methyl sites for hydroxylation is 2. The highest BCUT2D eigenvalue weighted by Gasteiger charge is 2.23. The van der Waals surface area contributed by atoms with Crippen molar-refractivity contribution in [3.63, 3.8) is 0 Å². The lowest BCUT2D eigenvalue weighted by molar-refractivity contribution is 0.0682. The smallest absolute Gasteiger partial charge is 0.339 e. The number of fused-ring (bicyclic) bond motifs is 4. The number of carboxylic acid groups (broad SMARTS) is 2. The van der Waals surface area contributed by atoms with Crippen molar-refractivity contribution in [1.82, 2.24) is 4.90 Å². The first-order valence-corrected chi connectivity index (χ1v) is 16.7. The number of hydrogen-bond donors (Lipinski definition) is 4. The minimum Gasteiger partial charge on any atom is -0.507 e. The Morgan fingerprint density at radius 3 is 1.50 bits per heavy atom. The summed E-state index contributed by atoms with van der Waals surface area (Å²) in [6, 6.07) is 34.5. The number of aromatic carboxylic acids is 2. The Labute approximate surface area is 291 Å². The summed E-state index contributed by atoms with van der Waals surface area (Å²) in [4.78, 5) is 28.0. The van der Waals surface area contributed by atoms with Crippen molar-refractivity contribution in [1.29, 1.82) is 0 Å². The number of para-hydroxylation sites is 2. The van der Waals surface area contributed by atoms with E-state index >= 15 is 0 Å². The highest BCUT2D eigenvalue weighted by Crippen LogP contribution is 2.39. The van der Waals surface area contributed by atoms with E-state index in [4.69, 9.17) is 0 Å². The van der Waals surface area contributed by atoms with Gasteiger partial charge in [0.2, 0.25) is 0 Å². The molecule has 0 fully saturated rings. The van der Waals surface area contributed by atoms with Crippen molar-refractivity contribution in [2.24, 2.45) is 0 Å². The van der Waals surface area contributed by atoms with Gasteiger partial charge < -0.3 is 30.2 Å². The van der Waals surface area contributed by atoms with E-state index in [2.05, 4.69) is 72.4 Å². The summed E-state index contributed by atoms with van der Waals surface area (Å²) in [5, 5.41) is 42.8. The molecular weight excluding hydrogens is 628 g/mol. The van der Waals surface area contributed by atoms with Crippen molar-refractivity contribution < 1.29 is 30.0 Å². The average Bonchev–Trinajstić information content (AvgIpc) is 3.27. The fourth-order valence-corrected chi connectivity index (χ4v) is 6.84. The number of carboxylic acids is 2. The fraction of sp³-hybridized carbons (Fsp3) is 0.190. The molecule has 0 amide bonds. The van der Waals surface area contributed by atoms with E-state index in [1.165, 1.54) is 41.1 Å². The van der Waals surface area contributed by atoms with Crippen LogP contribution in [0.3, 0.4) is 0 Å². The number of carbonyl (C=O) groups is 2. The summed E-state index contributed by atoms with van der Waals surface area (Å²) in [7, 11) is 4.29. The summed E-state index contributed by atoms with van der Waals surface area (Å²) >= 11 is 0. The Bertz CT molecular complexity index is 2060. The van der Waals surface area contributed by atoms with Gasteiger partial charge in [0.05, 0.1) is 0 Å². The van der Waals surface area contributed by atoms with E-state index in [1.807, 2.05) is 0 Å². The van der Waals surface area contributed by atoms with Gasteiger partial charge in [-0.1, -0.05) is 84.9 Å². The maximum absolute atomic E-state index is 11.6. The zero-order chi connectivity index (χ0) is 35.4. The minimum atomic E-state index is -1.28. The largest absolute Gasteiger partial charge is 0.507 e. The van der Waals surface area contributed by atoms with E-state index in [1.54, 1.807) is 48.5 Å². The van der Waals surface area contributed by atoms with Gasteiger partial charge in [0.25, 0.3) is 0 Å². The van der Waals surface area contributed by atoms with Gasteiger partial charge in [0.1, 0.15) is 22.6 Å². The fourth-order valence-electron chi connectivity index (χ4n) is 6.84. The van der Waals surface area contributed by atoms with Crippen LogP contribution in [0.25, 0.3) is 21.5 Å². The van der Waals surface area contributed by atoms with Crippen molar-refractivity contribution in [3.05, 3.63) is 143 Å². The predicted octanol–water partition coefficient (Wildman–Crippen LogP) is 8.27. The van der Waals surface area contributed by atoms with Crippen molar-refractivity contribution >= 4 is 44.9 Å². The normalized spacial score (nSPS) is 12.2. The first-order valence-electron chi connectivity index (χ1n) is 16.7. The lowest BCUT2D eigenvalue weighted by Gasteiger charge is -2.27. The SMILES string of the molecule is CN(C)CCCN1c2ccccc2CCc2ccccc21.O=C(O)c1cc2ccccc2c(Cc2c(O)c(C(=O)O)cc3ccccc23)c1O. The van der Waals surface area contributed by atoms with Crippen molar-refractivity contribution in [3.8, 4) is 11.5 Å². The molecule has 6 aromatic carbocycles. The first kappa shape index (κ1) is 34.0. The van der Waals surface area contributed by atoms with Crippen molar-refractivity contribution in [2.75, 3.05) is 32.1 Å². The molecule has 0 radical (unpaired) electrons. The number of anilines is 2. The molecule has 7 rings (SSSR count). The van der Waals surface area contributed by atoms with Crippen LogP contribution in [0.5, 0.6) is 11.5 Å². The van der Waals surface area contributed by atoms with Crippen LogP contribution in [0.15, 0.2) is 109 Å². The molecule has 50 heavy (non-hydrogen) atoms. The van der Waals surface area contributed by atoms with Crippen LogP contribution in [0.1, 0.15) is 49.4 Å². The third-order valence-electron chi connectivity index (χ3n) is 9.28. The van der Waals surface area contributed by atoms with E-state index in [9.17, 15) is 30.0 Å². The zero-order valence-electron chi connectivity index (χ0n) is 28.1. The quantitative estimate of drug-likeness (QED) is 0.128. The minimum absolute atomic E-state index is 0.0407. The molecule has 0 bridgehead atoms. The molecule has 4 N–H and O–H groups in total. The Morgan fingerprint density at radius 2 is 1.06 bits per heavy atom. The molecule has 0 unspecified atom stereocenters. The van der Waals surface area contributed by atoms with Gasteiger partial charge >= 0.3 is 11.9 Å². The van der Waals surface area contributed by atoms with Gasteiger partial charge in [-0.05, 0) is 96.8 Å². The van der Waals surface area contributed by atoms with Crippen LogP contribution in [0.4, 0.5) is 11.4 Å². The third-order valence-corrected chi connectivity index (χ3v) is 9.28. The Hall–Kier alpha value is -5.86. The number of benzene rings is 6. The van der Waals surface area contributed by atoms with E-state index in [-0.39, 0.29) is 17.5 Å². The van der Waals surface area contributed by atoms with Crippen LogP contribution in [-0.4, -0.2) is 64.4 Å². The molecule has 8 nitrogen and oxygen atoms in total. The molecule has 0 atom stereocenters. The third kappa shape index (κ3) is 6.97. The van der Waals surface area contributed by atoms with E-state index in [0.717, 1.165) is 25.9 Å². The van der Waals surface area contributed by atoms with Gasteiger partial charge in [0.15, 0.2) is 0 Å². The zero-order valence-corrected chi connectivity index (χ0v) is 28.1. The van der Waals surface area contributed by atoms with Gasteiger partial charge in [-0.25, -0.2) is 9.59 Å². The molecular formula is C42H40N2O6. The summed E-state index contributed by atoms with van der Waals surface area (Å²) in [5.41, 5.74) is 5.83. The molecule has 6 aromatic rings. The van der Waals surface area contributed by atoms with Crippen LogP contribution >= 0.6 is 0 Å². The van der Waals surface area contributed by atoms with Crippen LogP contribution in [0, 0.1) is 0 Å². The standard InChI is InChI=1S/C23H16O6.C19H24N2/c24-20-16(14-7-3-1-5-12(14)9-18(20)22(26)27)11-17-15-8-4-2-6-13(15)10-19(21(17)25)23(28)29;1-20(2)14-7-15-21-18-10-5-3-8-16(18)12-13-17-9-4-6-11-19(17)21/h1-10,24-25H,11H2,(H,26,27)(H,28,29);3-6,8-11H,7,12-15H2,1-2H3. The monoisotopic (exact) mass is 668 g/mol. The second-order valence-corrected chi connectivity index (χ2v) is 12.8.